The summed E-state index contributed by atoms with van der Waals surface area (Å²) in [6.45, 7) is 5.79. The lowest BCUT2D eigenvalue weighted by Gasteiger charge is -2.22. The number of benzene rings is 1. The predicted molar refractivity (Wildman–Crippen MR) is 119 cm³/mol. The summed E-state index contributed by atoms with van der Waals surface area (Å²) in [5.41, 5.74) is 11.1. The van der Waals surface area contributed by atoms with Crippen molar-refractivity contribution in [1.82, 2.24) is 24.7 Å². The second-order valence-corrected chi connectivity index (χ2v) is 7.60. The number of ether oxygens (including phenoxy) is 1. The number of rotatable bonds is 4. The summed E-state index contributed by atoms with van der Waals surface area (Å²) in [4.78, 5) is 12.7. The minimum absolute atomic E-state index is 0.261. The van der Waals surface area contributed by atoms with Crippen LogP contribution in [0.4, 0.5) is 5.82 Å². The molecule has 0 radical (unpaired) electrons. The van der Waals surface area contributed by atoms with E-state index in [0.29, 0.717) is 27.9 Å². The van der Waals surface area contributed by atoms with Gasteiger partial charge in [0, 0.05) is 27.9 Å². The van der Waals surface area contributed by atoms with Crippen molar-refractivity contribution < 1.29 is 4.74 Å². The summed E-state index contributed by atoms with van der Waals surface area (Å²) in [6.07, 6.45) is 3.07. The van der Waals surface area contributed by atoms with E-state index in [0.717, 1.165) is 33.3 Å². The zero-order valence-electron chi connectivity index (χ0n) is 17.5. The zero-order chi connectivity index (χ0) is 22.3. The maximum Gasteiger partial charge on any atom is 0.164 e. The SMILES string of the molecule is COc1c(C(C)n2nc(C)c3c(N)ncnc32)cc(Cl)c(C)c1-c1ccc(C#N)nc1. The third-order valence-corrected chi connectivity index (χ3v) is 5.78. The standard InChI is InChI=1S/C22H20ClN7O/c1-11-17(23)7-16(20(31-4)18(11)14-5-6-15(8-24)26-9-14)13(3)30-22-19(12(2)29-30)21(25)27-10-28-22/h5-7,9-10,13H,1-4H3,(H2,25,27,28). The molecule has 1 aromatic carbocycles. The minimum Gasteiger partial charge on any atom is -0.496 e. The van der Waals surface area contributed by atoms with E-state index < -0.39 is 0 Å². The summed E-state index contributed by atoms with van der Waals surface area (Å²) >= 11 is 6.63. The Morgan fingerprint density at radius 2 is 2.00 bits per heavy atom. The minimum atomic E-state index is -0.261. The lowest BCUT2D eigenvalue weighted by atomic mass is 9.94. The number of methoxy groups -OCH3 is 1. The Bertz CT molecular complexity index is 1340. The fourth-order valence-corrected chi connectivity index (χ4v) is 4.01. The van der Waals surface area contributed by atoms with Gasteiger partial charge in [0.05, 0.1) is 24.2 Å². The maximum atomic E-state index is 9.06. The van der Waals surface area contributed by atoms with E-state index in [2.05, 4.69) is 20.1 Å². The molecule has 4 aromatic rings. The second-order valence-electron chi connectivity index (χ2n) is 7.19. The van der Waals surface area contributed by atoms with Crippen LogP contribution in [-0.2, 0) is 0 Å². The molecule has 0 bridgehead atoms. The summed E-state index contributed by atoms with van der Waals surface area (Å²) in [7, 11) is 1.62. The van der Waals surface area contributed by atoms with Gasteiger partial charge >= 0.3 is 0 Å². The van der Waals surface area contributed by atoms with Gasteiger partial charge < -0.3 is 10.5 Å². The zero-order valence-corrected chi connectivity index (χ0v) is 18.3. The molecule has 1 atom stereocenters. The van der Waals surface area contributed by atoms with E-state index in [4.69, 9.17) is 27.3 Å². The van der Waals surface area contributed by atoms with Crippen LogP contribution in [0.2, 0.25) is 5.02 Å². The lowest BCUT2D eigenvalue weighted by molar-refractivity contribution is 0.402. The number of nitrogen functional groups attached to an aromatic ring is 1. The Hall–Kier alpha value is -3.70. The van der Waals surface area contributed by atoms with Crippen molar-refractivity contribution in [2.24, 2.45) is 0 Å². The van der Waals surface area contributed by atoms with E-state index >= 15 is 0 Å². The first-order valence-electron chi connectivity index (χ1n) is 9.56. The topological polar surface area (TPSA) is 116 Å². The number of nitrogens with two attached hydrogens (primary N) is 1. The molecule has 0 saturated heterocycles. The van der Waals surface area contributed by atoms with Gasteiger partial charge in [-0.3, -0.25) is 0 Å². The first kappa shape index (κ1) is 20.6. The van der Waals surface area contributed by atoms with E-state index in [1.54, 1.807) is 24.1 Å². The van der Waals surface area contributed by atoms with Gasteiger partial charge in [-0.1, -0.05) is 11.6 Å². The van der Waals surface area contributed by atoms with E-state index in [1.165, 1.54) is 6.33 Å². The van der Waals surface area contributed by atoms with Gasteiger partial charge in [-0.25, -0.2) is 19.6 Å². The highest BCUT2D eigenvalue weighted by atomic mass is 35.5. The quantitative estimate of drug-likeness (QED) is 0.511. The molecule has 1 unspecified atom stereocenters. The van der Waals surface area contributed by atoms with Crippen LogP contribution in [0.15, 0.2) is 30.7 Å². The largest absolute Gasteiger partial charge is 0.496 e. The Morgan fingerprint density at radius 1 is 1.23 bits per heavy atom. The number of fused-ring (bicyclic) bond motifs is 1. The summed E-state index contributed by atoms with van der Waals surface area (Å²) in [5, 5.41) is 15.0. The molecule has 0 amide bonds. The molecule has 3 aromatic heterocycles. The van der Waals surface area contributed by atoms with Gasteiger partial charge in [0.1, 0.15) is 29.7 Å². The van der Waals surface area contributed by atoms with Crippen LogP contribution in [0, 0.1) is 25.2 Å². The van der Waals surface area contributed by atoms with E-state index in [1.807, 2.05) is 39.0 Å². The van der Waals surface area contributed by atoms with E-state index in [-0.39, 0.29) is 6.04 Å². The number of nitriles is 1. The van der Waals surface area contributed by atoms with Gasteiger partial charge in [-0.2, -0.15) is 10.4 Å². The summed E-state index contributed by atoms with van der Waals surface area (Å²) < 4.78 is 7.66. The highest BCUT2D eigenvalue weighted by Crippen LogP contribution is 2.43. The smallest absolute Gasteiger partial charge is 0.164 e. The van der Waals surface area contributed by atoms with Gasteiger partial charge in [-0.05, 0) is 44.5 Å². The van der Waals surface area contributed by atoms with Gasteiger partial charge in [0.15, 0.2) is 5.65 Å². The number of hydrogen-bond donors (Lipinski definition) is 1. The molecular formula is C22H20ClN7O. The number of halogens is 1. The van der Waals surface area contributed by atoms with Gasteiger partial charge in [0.2, 0.25) is 0 Å². The molecule has 0 saturated carbocycles. The molecule has 4 rings (SSSR count). The Morgan fingerprint density at radius 3 is 2.65 bits per heavy atom. The maximum absolute atomic E-state index is 9.06. The summed E-state index contributed by atoms with van der Waals surface area (Å²) in [5.74, 6) is 1.04. The van der Waals surface area contributed by atoms with Crippen LogP contribution in [0.25, 0.3) is 22.2 Å². The molecule has 3 heterocycles. The number of pyridine rings is 1. The number of aryl methyl sites for hydroxylation is 1. The van der Waals surface area contributed by atoms with Crippen LogP contribution in [0.3, 0.4) is 0 Å². The highest BCUT2D eigenvalue weighted by Gasteiger charge is 2.25. The molecule has 0 spiro atoms. The van der Waals surface area contributed by atoms with Crippen molar-refractivity contribution in [3.63, 3.8) is 0 Å². The first-order chi connectivity index (χ1) is 14.9. The van der Waals surface area contributed by atoms with Crippen LogP contribution >= 0.6 is 11.6 Å². The molecule has 2 N–H and O–H groups in total. The fourth-order valence-electron chi connectivity index (χ4n) is 3.80. The third-order valence-electron chi connectivity index (χ3n) is 5.39. The molecule has 0 fully saturated rings. The van der Waals surface area contributed by atoms with Crippen LogP contribution in [0.1, 0.15) is 35.5 Å². The number of anilines is 1. The lowest BCUT2D eigenvalue weighted by Crippen LogP contribution is -2.12. The molecular weight excluding hydrogens is 414 g/mol. The van der Waals surface area contributed by atoms with E-state index in [9.17, 15) is 0 Å². The van der Waals surface area contributed by atoms with Crippen molar-refractivity contribution in [3.8, 4) is 22.9 Å². The number of aromatic nitrogens is 5. The Kier molecular flexibility index (Phi) is 5.21. The van der Waals surface area contributed by atoms with Crippen molar-refractivity contribution in [2.45, 2.75) is 26.8 Å². The van der Waals surface area contributed by atoms with Crippen molar-refractivity contribution in [2.75, 3.05) is 12.8 Å². The molecule has 0 aliphatic carbocycles. The molecule has 8 nitrogen and oxygen atoms in total. The molecule has 31 heavy (non-hydrogen) atoms. The normalized spacial score (nSPS) is 12.0. The van der Waals surface area contributed by atoms with Crippen LogP contribution in [-0.4, -0.2) is 31.8 Å². The predicted octanol–water partition coefficient (Wildman–Crippen LogP) is 4.23. The second kappa shape index (κ2) is 7.85. The molecule has 0 aliphatic heterocycles. The van der Waals surface area contributed by atoms with Crippen LogP contribution < -0.4 is 10.5 Å². The number of hydrogen-bond acceptors (Lipinski definition) is 7. The van der Waals surface area contributed by atoms with Crippen molar-refractivity contribution in [3.05, 3.63) is 58.3 Å². The average molecular weight is 434 g/mol. The van der Waals surface area contributed by atoms with Crippen molar-refractivity contribution >= 4 is 28.5 Å². The molecule has 9 heteroatoms. The van der Waals surface area contributed by atoms with Gasteiger partial charge in [0.25, 0.3) is 0 Å². The Balaban J connectivity index is 1.95. The van der Waals surface area contributed by atoms with Gasteiger partial charge in [-0.15, -0.1) is 0 Å². The fraction of sp³-hybridized carbons (Fsp3) is 0.227. The average Bonchev–Trinajstić information content (AvgIpc) is 3.12. The third kappa shape index (κ3) is 3.33. The Labute approximate surface area is 184 Å². The first-order valence-corrected chi connectivity index (χ1v) is 9.94. The van der Waals surface area contributed by atoms with Crippen LogP contribution in [0.5, 0.6) is 5.75 Å². The number of nitrogens with zero attached hydrogens (tertiary/aromatic N) is 6. The monoisotopic (exact) mass is 433 g/mol. The van der Waals surface area contributed by atoms with Crippen molar-refractivity contribution in [1.29, 1.82) is 5.26 Å². The molecule has 156 valence electrons. The molecule has 0 aliphatic rings. The summed E-state index contributed by atoms with van der Waals surface area (Å²) in [6, 6.07) is 7.16. The highest BCUT2D eigenvalue weighted by molar-refractivity contribution is 6.32.